The van der Waals surface area contributed by atoms with Crippen molar-refractivity contribution in [1.29, 1.82) is 0 Å². The number of carbonyl (C=O) groups is 1. The summed E-state index contributed by atoms with van der Waals surface area (Å²) >= 11 is 10.4. The molecule has 2 aromatic rings. The minimum Gasteiger partial charge on any atom is -0.330 e. The van der Waals surface area contributed by atoms with Crippen LogP contribution in [0.15, 0.2) is 47.5 Å². The Kier molecular flexibility index (Phi) is 5.92. The van der Waals surface area contributed by atoms with Gasteiger partial charge in [0.25, 0.3) is 11.6 Å². The lowest BCUT2D eigenvalue weighted by Crippen LogP contribution is -2.30. The summed E-state index contributed by atoms with van der Waals surface area (Å²) in [6, 6.07) is 7.93. The summed E-state index contributed by atoms with van der Waals surface area (Å²) in [7, 11) is 0. The predicted octanol–water partition coefficient (Wildman–Crippen LogP) is 4.90. The number of nitrogens with zero attached hydrogens (tertiary/aromatic N) is 2. The van der Waals surface area contributed by atoms with Gasteiger partial charge in [0.1, 0.15) is 0 Å². The average molecular weight is 416 g/mol. The van der Waals surface area contributed by atoms with E-state index in [0.717, 1.165) is 4.88 Å². The third-order valence-electron chi connectivity index (χ3n) is 3.00. The first-order valence-corrected chi connectivity index (χ1v) is 8.49. The SMILES string of the molecule is C=CCN(Cc1ccc(Cl)s1)C(=O)c1ccc(Br)c([N+](=O)[O-])c1. The summed E-state index contributed by atoms with van der Waals surface area (Å²) in [6.07, 6.45) is 1.61. The Labute approximate surface area is 150 Å². The molecule has 0 saturated carbocycles. The first-order chi connectivity index (χ1) is 10.9. The van der Waals surface area contributed by atoms with E-state index in [9.17, 15) is 14.9 Å². The highest BCUT2D eigenvalue weighted by molar-refractivity contribution is 9.10. The van der Waals surface area contributed by atoms with Gasteiger partial charge in [-0.2, -0.15) is 0 Å². The fourth-order valence-corrected chi connectivity index (χ4v) is 3.46. The Bertz CT molecular complexity index is 763. The molecule has 0 radical (unpaired) electrons. The number of amides is 1. The molecule has 0 atom stereocenters. The van der Waals surface area contributed by atoms with Crippen molar-refractivity contribution in [2.24, 2.45) is 0 Å². The van der Waals surface area contributed by atoms with Gasteiger partial charge in [-0.15, -0.1) is 17.9 Å². The molecule has 0 bridgehead atoms. The van der Waals surface area contributed by atoms with Gasteiger partial charge in [-0.1, -0.05) is 17.7 Å². The van der Waals surface area contributed by atoms with Crippen molar-refractivity contribution in [1.82, 2.24) is 4.90 Å². The first kappa shape index (κ1) is 17.7. The fraction of sp³-hybridized carbons (Fsp3) is 0.133. The van der Waals surface area contributed by atoms with Gasteiger partial charge < -0.3 is 4.90 Å². The molecule has 120 valence electrons. The molecule has 0 spiro atoms. The van der Waals surface area contributed by atoms with Crippen LogP contribution in [0.2, 0.25) is 4.34 Å². The van der Waals surface area contributed by atoms with Crippen molar-refractivity contribution < 1.29 is 9.72 Å². The van der Waals surface area contributed by atoms with Crippen LogP contribution in [-0.2, 0) is 6.54 Å². The molecular weight excluding hydrogens is 404 g/mol. The number of hydrogen-bond donors (Lipinski definition) is 0. The quantitative estimate of drug-likeness (QED) is 0.383. The average Bonchev–Trinajstić information content (AvgIpc) is 2.91. The molecular formula is C15H12BrClN2O3S. The van der Waals surface area contributed by atoms with Crippen molar-refractivity contribution in [3.05, 3.63) is 72.4 Å². The van der Waals surface area contributed by atoms with Crippen LogP contribution in [0, 0.1) is 10.1 Å². The second-order valence-corrected chi connectivity index (χ2v) is 7.26. The molecule has 0 unspecified atom stereocenters. The standard InChI is InChI=1S/C15H12BrClN2O3S/c1-2-7-18(9-11-4-6-14(17)23-11)15(20)10-3-5-12(16)13(8-10)19(21)22/h2-6,8H,1,7,9H2. The summed E-state index contributed by atoms with van der Waals surface area (Å²) in [4.78, 5) is 25.6. The van der Waals surface area contributed by atoms with Crippen molar-refractivity contribution in [3.8, 4) is 0 Å². The highest BCUT2D eigenvalue weighted by Crippen LogP contribution is 2.27. The van der Waals surface area contributed by atoms with Crippen molar-refractivity contribution >= 4 is 50.5 Å². The molecule has 23 heavy (non-hydrogen) atoms. The zero-order valence-electron chi connectivity index (χ0n) is 11.9. The molecule has 0 saturated heterocycles. The Morgan fingerprint density at radius 1 is 1.43 bits per heavy atom. The van der Waals surface area contributed by atoms with Crippen LogP contribution in [0.25, 0.3) is 0 Å². The zero-order chi connectivity index (χ0) is 17.0. The maximum atomic E-state index is 12.6. The van der Waals surface area contributed by atoms with Gasteiger partial charge >= 0.3 is 0 Å². The lowest BCUT2D eigenvalue weighted by Gasteiger charge is -2.20. The maximum Gasteiger partial charge on any atom is 0.284 e. The molecule has 5 nitrogen and oxygen atoms in total. The lowest BCUT2D eigenvalue weighted by atomic mass is 10.1. The maximum absolute atomic E-state index is 12.6. The number of halogens is 2. The molecule has 1 aromatic carbocycles. The summed E-state index contributed by atoms with van der Waals surface area (Å²) in [5, 5.41) is 11.0. The summed E-state index contributed by atoms with van der Waals surface area (Å²) < 4.78 is 0.977. The van der Waals surface area contributed by atoms with Crippen LogP contribution in [0.3, 0.4) is 0 Å². The van der Waals surface area contributed by atoms with Gasteiger partial charge in [0, 0.05) is 23.1 Å². The zero-order valence-corrected chi connectivity index (χ0v) is 15.0. The smallest absolute Gasteiger partial charge is 0.284 e. The van der Waals surface area contributed by atoms with Crippen LogP contribution in [-0.4, -0.2) is 22.3 Å². The van der Waals surface area contributed by atoms with E-state index in [1.54, 1.807) is 23.1 Å². The second-order valence-electron chi connectivity index (χ2n) is 4.60. The van der Waals surface area contributed by atoms with Crippen LogP contribution < -0.4 is 0 Å². The topological polar surface area (TPSA) is 63.5 Å². The van der Waals surface area contributed by atoms with Gasteiger partial charge in [-0.25, -0.2) is 0 Å². The van der Waals surface area contributed by atoms with Crippen LogP contribution in [0.4, 0.5) is 5.69 Å². The highest BCUT2D eigenvalue weighted by Gasteiger charge is 2.20. The van der Waals surface area contributed by atoms with Gasteiger partial charge in [0.05, 0.1) is 20.3 Å². The summed E-state index contributed by atoms with van der Waals surface area (Å²) in [6.45, 7) is 4.35. The molecule has 0 N–H and O–H groups in total. The molecule has 0 aliphatic rings. The summed E-state index contributed by atoms with van der Waals surface area (Å²) in [5.41, 5.74) is 0.109. The number of rotatable bonds is 6. The van der Waals surface area contributed by atoms with Crippen LogP contribution in [0.1, 0.15) is 15.2 Å². The Morgan fingerprint density at radius 2 is 2.17 bits per heavy atom. The molecule has 0 aliphatic carbocycles. The van der Waals surface area contributed by atoms with Gasteiger partial charge in [0.2, 0.25) is 0 Å². The highest BCUT2D eigenvalue weighted by atomic mass is 79.9. The minimum absolute atomic E-state index is 0.145. The van der Waals surface area contributed by atoms with Crippen LogP contribution >= 0.6 is 38.9 Å². The first-order valence-electron chi connectivity index (χ1n) is 6.50. The second kappa shape index (κ2) is 7.72. The number of carbonyl (C=O) groups excluding carboxylic acids is 1. The number of nitro groups is 1. The molecule has 0 aliphatic heterocycles. The van der Waals surface area contributed by atoms with Gasteiger partial charge in [0.15, 0.2) is 0 Å². The van der Waals surface area contributed by atoms with E-state index in [2.05, 4.69) is 22.5 Å². The van der Waals surface area contributed by atoms with E-state index >= 15 is 0 Å². The largest absolute Gasteiger partial charge is 0.330 e. The molecule has 1 amide bonds. The van der Waals surface area contributed by atoms with E-state index in [1.807, 2.05) is 6.07 Å². The van der Waals surface area contributed by atoms with E-state index in [-0.39, 0.29) is 17.2 Å². The van der Waals surface area contributed by atoms with Gasteiger partial charge in [-0.3, -0.25) is 14.9 Å². The molecule has 1 aromatic heterocycles. The molecule has 8 heteroatoms. The normalized spacial score (nSPS) is 10.3. The van der Waals surface area contributed by atoms with Crippen molar-refractivity contribution in [2.75, 3.05) is 6.54 Å². The third kappa shape index (κ3) is 4.40. The third-order valence-corrected chi connectivity index (χ3v) is 4.89. The molecule has 1 heterocycles. The predicted molar refractivity (Wildman–Crippen MR) is 95.1 cm³/mol. The number of thiophene rings is 1. The Morgan fingerprint density at radius 3 is 2.74 bits per heavy atom. The van der Waals surface area contributed by atoms with E-state index < -0.39 is 4.92 Å². The van der Waals surface area contributed by atoms with E-state index in [4.69, 9.17) is 11.6 Å². The Hall–Kier alpha value is -1.70. The number of benzene rings is 1. The summed E-state index contributed by atoms with van der Waals surface area (Å²) in [5.74, 6) is -0.301. The number of hydrogen-bond acceptors (Lipinski definition) is 4. The van der Waals surface area contributed by atoms with E-state index in [0.29, 0.717) is 21.9 Å². The minimum atomic E-state index is -0.530. The monoisotopic (exact) mass is 414 g/mol. The Balaban J connectivity index is 2.28. The van der Waals surface area contributed by atoms with E-state index in [1.165, 1.54) is 23.5 Å². The lowest BCUT2D eigenvalue weighted by molar-refractivity contribution is -0.385. The fourth-order valence-electron chi connectivity index (χ4n) is 1.97. The molecule has 2 rings (SSSR count). The molecule has 0 fully saturated rings. The van der Waals surface area contributed by atoms with Crippen molar-refractivity contribution in [3.63, 3.8) is 0 Å². The van der Waals surface area contributed by atoms with Crippen LogP contribution in [0.5, 0.6) is 0 Å². The van der Waals surface area contributed by atoms with Gasteiger partial charge in [-0.05, 0) is 40.2 Å². The number of nitro benzene ring substituents is 1. The van der Waals surface area contributed by atoms with Crippen molar-refractivity contribution in [2.45, 2.75) is 6.54 Å².